The predicted molar refractivity (Wildman–Crippen MR) is 60.2 cm³/mol. The quantitative estimate of drug-likeness (QED) is 0.843. The first-order valence-corrected chi connectivity index (χ1v) is 6.30. The molecule has 2 heterocycles. The first-order chi connectivity index (χ1) is 7.76. The molecule has 1 aliphatic heterocycles. The molecule has 1 aliphatic carbocycles. The van der Waals surface area contributed by atoms with Gasteiger partial charge in [0.25, 0.3) is 0 Å². The third-order valence-corrected chi connectivity index (χ3v) is 3.91. The lowest BCUT2D eigenvalue weighted by molar-refractivity contribution is 0.336. The number of piperidine rings is 1. The van der Waals surface area contributed by atoms with Crippen LogP contribution in [0.3, 0.4) is 0 Å². The highest BCUT2D eigenvalue weighted by Gasteiger charge is 2.44. The molecule has 4 heteroatoms. The van der Waals surface area contributed by atoms with Crippen LogP contribution in [-0.4, -0.2) is 23.2 Å². The molecule has 3 rings (SSSR count). The van der Waals surface area contributed by atoms with E-state index in [1.807, 2.05) is 0 Å². The lowest BCUT2D eigenvalue weighted by Crippen LogP contribution is -2.28. The van der Waals surface area contributed by atoms with E-state index < -0.39 is 0 Å². The Labute approximate surface area is 95.8 Å². The molecule has 1 N–H and O–H groups in total. The van der Waals surface area contributed by atoms with E-state index in [4.69, 9.17) is 4.52 Å². The zero-order chi connectivity index (χ0) is 11.0. The summed E-state index contributed by atoms with van der Waals surface area (Å²) in [4.78, 5) is 4.54. The summed E-state index contributed by atoms with van der Waals surface area (Å²) in [6.45, 7) is 4.47. The normalized spacial score (nSPS) is 24.6. The van der Waals surface area contributed by atoms with Gasteiger partial charge in [-0.2, -0.15) is 4.98 Å². The number of hydrogen-bond acceptors (Lipinski definition) is 4. The van der Waals surface area contributed by atoms with Gasteiger partial charge in [-0.25, -0.2) is 0 Å². The highest BCUT2D eigenvalue weighted by Crippen LogP contribution is 2.46. The van der Waals surface area contributed by atoms with Gasteiger partial charge in [-0.3, -0.25) is 0 Å². The van der Waals surface area contributed by atoms with Crippen LogP contribution in [0, 0.1) is 5.92 Å². The maximum Gasteiger partial charge on any atom is 0.232 e. The van der Waals surface area contributed by atoms with E-state index in [2.05, 4.69) is 22.4 Å². The summed E-state index contributed by atoms with van der Waals surface area (Å²) in [6, 6.07) is 0. The highest BCUT2D eigenvalue weighted by atomic mass is 16.5. The van der Waals surface area contributed by atoms with Crippen LogP contribution in [0.5, 0.6) is 0 Å². The second-order valence-electron chi connectivity index (χ2n) is 5.47. The minimum Gasteiger partial charge on any atom is -0.339 e. The molecule has 0 bridgehead atoms. The van der Waals surface area contributed by atoms with Crippen molar-refractivity contribution in [2.24, 2.45) is 5.92 Å². The van der Waals surface area contributed by atoms with E-state index >= 15 is 0 Å². The van der Waals surface area contributed by atoms with Gasteiger partial charge in [-0.1, -0.05) is 12.1 Å². The Hall–Kier alpha value is -0.900. The molecule has 0 atom stereocenters. The van der Waals surface area contributed by atoms with Crippen molar-refractivity contribution >= 4 is 0 Å². The molecule has 1 saturated carbocycles. The molecule has 2 aliphatic rings. The van der Waals surface area contributed by atoms with Gasteiger partial charge in [0.05, 0.1) is 0 Å². The lowest BCUT2D eigenvalue weighted by atomic mass is 9.94. The zero-order valence-electron chi connectivity index (χ0n) is 9.83. The second-order valence-corrected chi connectivity index (χ2v) is 5.47. The Morgan fingerprint density at radius 2 is 2.12 bits per heavy atom. The fourth-order valence-electron chi connectivity index (χ4n) is 2.33. The van der Waals surface area contributed by atoms with Gasteiger partial charge in [-0.05, 0) is 44.7 Å². The van der Waals surface area contributed by atoms with Crippen molar-refractivity contribution in [2.75, 3.05) is 13.1 Å². The van der Waals surface area contributed by atoms with Crippen LogP contribution in [0.1, 0.15) is 44.3 Å². The van der Waals surface area contributed by atoms with Crippen LogP contribution in [0.25, 0.3) is 0 Å². The molecule has 1 saturated heterocycles. The van der Waals surface area contributed by atoms with Crippen LogP contribution in [0.15, 0.2) is 4.52 Å². The highest BCUT2D eigenvalue weighted by molar-refractivity contribution is 5.12. The average Bonchev–Trinajstić information content (AvgIpc) is 2.88. The molecule has 2 fully saturated rings. The Morgan fingerprint density at radius 1 is 1.38 bits per heavy atom. The third kappa shape index (κ3) is 1.98. The van der Waals surface area contributed by atoms with Gasteiger partial charge in [0.2, 0.25) is 5.89 Å². The van der Waals surface area contributed by atoms with Crippen molar-refractivity contribution in [3.8, 4) is 0 Å². The van der Waals surface area contributed by atoms with Gasteiger partial charge in [0.1, 0.15) is 0 Å². The largest absolute Gasteiger partial charge is 0.339 e. The summed E-state index contributed by atoms with van der Waals surface area (Å²) >= 11 is 0. The summed E-state index contributed by atoms with van der Waals surface area (Å²) in [5.41, 5.74) is 0.208. The van der Waals surface area contributed by atoms with Gasteiger partial charge in [0.15, 0.2) is 5.82 Å². The maximum atomic E-state index is 5.36. The molecule has 0 unspecified atom stereocenters. The van der Waals surface area contributed by atoms with Gasteiger partial charge in [-0.15, -0.1) is 0 Å². The Morgan fingerprint density at radius 3 is 2.81 bits per heavy atom. The van der Waals surface area contributed by atoms with Crippen LogP contribution < -0.4 is 5.32 Å². The zero-order valence-corrected chi connectivity index (χ0v) is 9.83. The first kappa shape index (κ1) is 10.3. The van der Waals surface area contributed by atoms with Gasteiger partial charge < -0.3 is 9.84 Å². The fraction of sp³-hybridized carbons (Fsp3) is 0.833. The number of rotatable bonds is 3. The summed E-state index contributed by atoms with van der Waals surface area (Å²) in [5.74, 6) is 2.50. The topological polar surface area (TPSA) is 51.0 Å². The smallest absolute Gasteiger partial charge is 0.232 e. The Balaban J connectivity index is 1.63. The van der Waals surface area contributed by atoms with Crippen molar-refractivity contribution in [3.63, 3.8) is 0 Å². The van der Waals surface area contributed by atoms with Crippen molar-refractivity contribution in [1.82, 2.24) is 15.5 Å². The van der Waals surface area contributed by atoms with E-state index in [1.165, 1.54) is 25.7 Å². The molecule has 0 amide bonds. The molecular formula is C12H19N3O. The van der Waals surface area contributed by atoms with E-state index in [9.17, 15) is 0 Å². The summed E-state index contributed by atoms with van der Waals surface area (Å²) in [5, 5.41) is 7.49. The summed E-state index contributed by atoms with van der Waals surface area (Å²) < 4.78 is 5.36. The molecular weight excluding hydrogens is 202 g/mol. The molecule has 1 aromatic heterocycles. The standard InChI is InChI=1S/C12H19N3O/c1-12(4-5-12)11-14-10(15-16-11)8-9-2-6-13-7-3-9/h9,13H,2-8H2,1H3. The SMILES string of the molecule is CC1(c2nc(CC3CCNCC3)no2)CC1. The lowest BCUT2D eigenvalue weighted by Gasteiger charge is -2.20. The van der Waals surface area contributed by atoms with Crippen molar-refractivity contribution in [1.29, 1.82) is 0 Å². The van der Waals surface area contributed by atoms with E-state index in [-0.39, 0.29) is 5.41 Å². The fourth-order valence-corrected chi connectivity index (χ4v) is 2.33. The maximum absolute atomic E-state index is 5.36. The van der Waals surface area contributed by atoms with E-state index in [1.54, 1.807) is 0 Å². The number of hydrogen-bond donors (Lipinski definition) is 1. The third-order valence-electron chi connectivity index (χ3n) is 3.91. The van der Waals surface area contributed by atoms with Crippen LogP contribution in [0.2, 0.25) is 0 Å². The minimum absolute atomic E-state index is 0.208. The summed E-state index contributed by atoms with van der Waals surface area (Å²) in [6.07, 6.45) is 5.85. The Bertz CT molecular complexity index is 364. The van der Waals surface area contributed by atoms with E-state index in [0.29, 0.717) is 0 Å². The van der Waals surface area contributed by atoms with Crippen LogP contribution in [0.4, 0.5) is 0 Å². The molecule has 16 heavy (non-hydrogen) atoms. The molecule has 88 valence electrons. The van der Waals surface area contributed by atoms with Crippen molar-refractivity contribution in [2.45, 2.75) is 44.4 Å². The van der Waals surface area contributed by atoms with E-state index in [0.717, 1.165) is 37.1 Å². The second kappa shape index (κ2) is 3.84. The summed E-state index contributed by atoms with van der Waals surface area (Å²) in [7, 11) is 0. The predicted octanol–water partition coefficient (Wildman–Crippen LogP) is 1.66. The first-order valence-electron chi connectivity index (χ1n) is 6.30. The van der Waals surface area contributed by atoms with Crippen LogP contribution in [-0.2, 0) is 11.8 Å². The average molecular weight is 221 g/mol. The van der Waals surface area contributed by atoms with Crippen LogP contribution >= 0.6 is 0 Å². The molecule has 0 radical (unpaired) electrons. The monoisotopic (exact) mass is 221 g/mol. The van der Waals surface area contributed by atoms with Crippen molar-refractivity contribution < 1.29 is 4.52 Å². The van der Waals surface area contributed by atoms with Gasteiger partial charge in [0, 0.05) is 11.8 Å². The molecule has 1 aromatic rings. The molecule has 4 nitrogen and oxygen atoms in total. The van der Waals surface area contributed by atoms with Crippen molar-refractivity contribution in [3.05, 3.63) is 11.7 Å². The minimum atomic E-state index is 0.208. The van der Waals surface area contributed by atoms with Gasteiger partial charge >= 0.3 is 0 Å². The molecule has 0 spiro atoms. The molecule has 0 aromatic carbocycles. The number of aromatic nitrogens is 2. The number of nitrogens with zero attached hydrogens (tertiary/aromatic N) is 2. The number of nitrogens with one attached hydrogen (secondary N) is 1. The Kier molecular flexibility index (Phi) is 2.46.